The first kappa shape index (κ1) is 21.1. The lowest BCUT2D eigenvalue weighted by atomic mass is 10.1. The summed E-state index contributed by atoms with van der Waals surface area (Å²) in [5.74, 6) is -0.0936. The number of nitrogens with two attached hydrogens (primary N) is 1. The van der Waals surface area contributed by atoms with E-state index in [1.165, 1.54) is 19.2 Å². The predicted octanol–water partition coefficient (Wildman–Crippen LogP) is 2.50. The van der Waals surface area contributed by atoms with Crippen molar-refractivity contribution in [2.75, 3.05) is 13.7 Å². The first-order chi connectivity index (χ1) is 14.4. The molecule has 0 fully saturated rings. The second kappa shape index (κ2) is 9.27. The zero-order valence-electron chi connectivity index (χ0n) is 16.3. The quantitative estimate of drug-likeness (QED) is 0.561. The highest BCUT2D eigenvalue weighted by Crippen LogP contribution is 2.36. The molecule has 3 N–H and O–H groups in total. The Morgan fingerprint density at radius 1 is 1.27 bits per heavy atom. The van der Waals surface area contributed by atoms with E-state index in [-0.39, 0.29) is 35.2 Å². The molecule has 0 aliphatic rings. The molecule has 3 aromatic rings. The van der Waals surface area contributed by atoms with E-state index in [1.807, 2.05) is 31.2 Å². The summed E-state index contributed by atoms with van der Waals surface area (Å²) in [6.45, 7) is 1.62. The van der Waals surface area contributed by atoms with Crippen LogP contribution in [0.3, 0.4) is 0 Å². The van der Waals surface area contributed by atoms with E-state index in [2.05, 4.69) is 15.5 Å². The maximum atomic E-state index is 12.5. The number of hydrogen-bond acceptors (Lipinski definition) is 7. The number of rotatable bonds is 8. The number of nitrogens with zero attached hydrogens (tertiary/aromatic N) is 2. The summed E-state index contributed by atoms with van der Waals surface area (Å²) >= 11 is 6.17. The number of nitrogens with one attached hydrogen (secondary N) is 1. The van der Waals surface area contributed by atoms with E-state index in [0.29, 0.717) is 11.7 Å². The van der Waals surface area contributed by atoms with Gasteiger partial charge in [-0.2, -0.15) is 4.98 Å². The molecule has 0 aliphatic heterocycles. The zero-order chi connectivity index (χ0) is 21.7. The van der Waals surface area contributed by atoms with Gasteiger partial charge in [0.2, 0.25) is 0 Å². The Labute approximate surface area is 177 Å². The van der Waals surface area contributed by atoms with Gasteiger partial charge in [0.25, 0.3) is 17.7 Å². The van der Waals surface area contributed by atoms with Crippen molar-refractivity contribution in [1.29, 1.82) is 0 Å². The molecule has 1 aromatic heterocycles. The summed E-state index contributed by atoms with van der Waals surface area (Å²) in [4.78, 5) is 27.7. The third kappa shape index (κ3) is 4.87. The maximum absolute atomic E-state index is 12.5. The normalized spacial score (nSPS) is 10.5. The molecule has 0 saturated carbocycles. The number of ether oxygens (including phenoxy) is 2. The minimum absolute atomic E-state index is 0.0497. The Balaban J connectivity index is 1.70. The van der Waals surface area contributed by atoms with E-state index in [1.54, 1.807) is 0 Å². The van der Waals surface area contributed by atoms with E-state index in [4.69, 9.17) is 31.3 Å². The Morgan fingerprint density at radius 3 is 2.73 bits per heavy atom. The molecule has 0 bridgehead atoms. The summed E-state index contributed by atoms with van der Waals surface area (Å²) in [6.07, 6.45) is 0. The molecule has 30 heavy (non-hydrogen) atoms. The predicted molar refractivity (Wildman–Crippen MR) is 108 cm³/mol. The molecule has 0 unspecified atom stereocenters. The van der Waals surface area contributed by atoms with Gasteiger partial charge in [-0.25, -0.2) is 0 Å². The fourth-order valence-electron chi connectivity index (χ4n) is 2.64. The Bertz CT molecular complexity index is 1080. The minimum atomic E-state index is -0.667. The number of aryl methyl sites for hydroxylation is 1. The van der Waals surface area contributed by atoms with Crippen molar-refractivity contribution in [2.45, 2.75) is 13.5 Å². The SMILES string of the molecule is COc1cc(C(=O)NCc2noc(-c3ccccc3C)n2)cc(Cl)c1OCC(N)=O. The van der Waals surface area contributed by atoms with Crippen LogP contribution in [0.2, 0.25) is 5.02 Å². The van der Waals surface area contributed by atoms with Crippen molar-refractivity contribution in [3.63, 3.8) is 0 Å². The van der Waals surface area contributed by atoms with Crippen molar-refractivity contribution in [2.24, 2.45) is 5.73 Å². The average molecular weight is 431 g/mol. The van der Waals surface area contributed by atoms with Crippen LogP contribution in [0.25, 0.3) is 11.5 Å². The summed E-state index contributed by atoms with van der Waals surface area (Å²) in [6, 6.07) is 10.4. The second-order valence-corrected chi connectivity index (χ2v) is 6.66. The van der Waals surface area contributed by atoms with Crippen molar-refractivity contribution < 1.29 is 23.6 Å². The minimum Gasteiger partial charge on any atom is -0.493 e. The third-order valence-corrected chi connectivity index (χ3v) is 4.38. The number of benzene rings is 2. The lowest BCUT2D eigenvalue weighted by Crippen LogP contribution is -2.24. The Morgan fingerprint density at radius 2 is 2.03 bits per heavy atom. The number of aromatic nitrogens is 2. The number of halogens is 1. The van der Waals surface area contributed by atoms with Gasteiger partial charge < -0.3 is 25.0 Å². The number of carbonyl (C=O) groups excluding carboxylic acids is 2. The molecule has 156 valence electrons. The van der Waals surface area contributed by atoms with Gasteiger partial charge in [0.15, 0.2) is 23.9 Å². The third-order valence-electron chi connectivity index (χ3n) is 4.10. The Kier molecular flexibility index (Phi) is 6.53. The fraction of sp³-hybridized carbons (Fsp3) is 0.200. The van der Waals surface area contributed by atoms with Crippen molar-refractivity contribution in [1.82, 2.24) is 15.5 Å². The first-order valence-corrected chi connectivity index (χ1v) is 9.22. The van der Waals surface area contributed by atoms with E-state index in [0.717, 1.165) is 11.1 Å². The van der Waals surface area contributed by atoms with Crippen LogP contribution >= 0.6 is 11.6 Å². The van der Waals surface area contributed by atoms with Gasteiger partial charge >= 0.3 is 0 Å². The van der Waals surface area contributed by atoms with Gasteiger partial charge in [0.05, 0.1) is 18.7 Å². The van der Waals surface area contributed by atoms with Crippen LogP contribution in [-0.2, 0) is 11.3 Å². The highest BCUT2D eigenvalue weighted by atomic mass is 35.5. The van der Waals surface area contributed by atoms with Crippen LogP contribution in [0.1, 0.15) is 21.7 Å². The summed E-state index contributed by atoms with van der Waals surface area (Å²) in [5.41, 5.74) is 7.12. The summed E-state index contributed by atoms with van der Waals surface area (Å²) in [5, 5.41) is 6.68. The highest BCUT2D eigenvalue weighted by Gasteiger charge is 2.17. The lowest BCUT2D eigenvalue weighted by Gasteiger charge is -2.13. The molecule has 2 aromatic carbocycles. The van der Waals surface area contributed by atoms with Crippen LogP contribution in [0.4, 0.5) is 0 Å². The highest BCUT2D eigenvalue weighted by molar-refractivity contribution is 6.32. The van der Waals surface area contributed by atoms with Gasteiger partial charge in [-0.3, -0.25) is 9.59 Å². The molecule has 0 saturated heterocycles. The molecule has 0 spiro atoms. The monoisotopic (exact) mass is 430 g/mol. The standard InChI is InChI=1S/C20H19ClN4O5/c1-11-5-3-4-6-13(11)20-24-17(25-30-20)9-23-19(27)12-7-14(21)18(15(8-12)28-2)29-10-16(22)26/h3-8H,9-10H2,1-2H3,(H2,22,26)(H,23,27). The first-order valence-electron chi connectivity index (χ1n) is 8.84. The van der Waals surface area contributed by atoms with Gasteiger partial charge in [-0.15, -0.1) is 0 Å². The average Bonchev–Trinajstić information content (AvgIpc) is 3.19. The largest absolute Gasteiger partial charge is 0.493 e. The number of carbonyl (C=O) groups is 2. The summed E-state index contributed by atoms with van der Waals surface area (Å²) in [7, 11) is 1.39. The van der Waals surface area contributed by atoms with Crippen LogP contribution < -0.4 is 20.5 Å². The van der Waals surface area contributed by atoms with Gasteiger partial charge in [-0.05, 0) is 30.7 Å². The molecular weight excluding hydrogens is 412 g/mol. The van der Waals surface area contributed by atoms with Gasteiger partial charge in [0.1, 0.15) is 0 Å². The molecule has 2 amide bonds. The molecule has 3 rings (SSSR count). The number of hydrogen-bond donors (Lipinski definition) is 2. The second-order valence-electron chi connectivity index (χ2n) is 6.26. The Hall–Kier alpha value is -3.59. The van der Waals surface area contributed by atoms with E-state index in [9.17, 15) is 9.59 Å². The van der Waals surface area contributed by atoms with Crippen molar-refractivity contribution in [3.8, 4) is 23.0 Å². The molecule has 1 heterocycles. The molecular formula is C20H19ClN4O5. The molecule has 0 atom stereocenters. The van der Waals surface area contributed by atoms with E-state index < -0.39 is 11.8 Å². The topological polar surface area (TPSA) is 130 Å². The van der Waals surface area contributed by atoms with Crippen LogP contribution in [0.5, 0.6) is 11.5 Å². The van der Waals surface area contributed by atoms with Gasteiger partial charge in [0, 0.05) is 11.1 Å². The number of primary amides is 1. The smallest absolute Gasteiger partial charge is 0.258 e. The van der Waals surface area contributed by atoms with Gasteiger partial charge in [-0.1, -0.05) is 35.0 Å². The maximum Gasteiger partial charge on any atom is 0.258 e. The fourth-order valence-corrected chi connectivity index (χ4v) is 2.91. The van der Waals surface area contributed by atoms with Crippen LogP contribution in [-0.4, -0.2) is 35.7 Å². The van der Waals surface area contributed by atoms with Crippen LogP contribution in [0, 0.1) is 6.92 Å². The molecule has 10 heteroatoms. The zero-order valence-corrected chi connectivity index (χ0v) is 17.0. The molecule has 0 aliphatic carbocycles. The number of methoxy groups -OCH3 is 1. The molecule has 9 nitrogen and oxygen atoms in total. The molecule has 0 radical (unpaired) electrons. The van der Waals surface area contributed by atoms with Crippen molar-refractivity contribution in [3.05, 3.63) is 58.4 Å². The van der Waals surface area contributed by atoms with Crippen LogP contribution in [0.15, 0.2) is 40.9 Å². The summed E-state index contributed by atoms with van der Waals surface area (Å²) < 4.78 is 15.7. The van der Waals surface area contributed by atoms with Crippen molar-refractivity contribution >= 4 is 23.4 Å². The lowest BCUT2D eigenvalue weighted by molar-refractivity contribution is -0.119. The van der Waals surface area contributed by atoms with E-state index >= 15 is 0 Å². The number of amides is 2.